The Morgan fingerprint density at radius 1 is 1.33 bits per heavy atom. The molecule has 0 bridgehead atoms. The van der Waals surface area contributed by atoms with Crippen LogP contribution >= 0.6 is 0 Å². The predicted octanol–water partition coefficient (Wildman–Crippen LogP) is 2.32. The number of rotatable bonds is 3. The zero-order valence-electron chi connectivity index (χ0n) is 11.9. The summed E-state index contributed by atoms with van der Waals surface area (Å²) in [5, 5.41) is 6.15. The summed E-state index contributed by atoms with van der Waals surface area (Å²) in [6.45, 7) is 2.78. The molecule has 0 radical (unpaired) electrons. The molecule has 5 heteroatoms. The summed E-state index contributed by atoms with van der Waals surface area (Å²) < 4.78 is 0. The highest BCUT2D eigenvalue weighted by molar-refractivity contribution is 6.05. The second-order valence-electron chi connectivity index (χ2n) is 5.23. The average Bonchev–Trinajstić information content (AvgIpc) is 2.97. The van der Waals surface area contributed by atoms with E-state index in [0.29, 0.717) is 5.56 Å². The Labute approximate surface area is 123 Å². The normalized spacial score (nSPS) is 14.2. The third-order valence-electron chi connectivity index (χ3n) is 3.67. The number of nitrogens with two attached hydrogens (primary N) is 1. The molecule has 21 heavy (non-hydrogen) atoms. The number of nitrogens with one attached hydrogen (secondary N) is 2. The van der Waals surface area contributed by atoms with Gasteiger partial charge in [0, 0.05) is 35.6 Å². The van der Waals surface area contributed by atoms with Crippen LogP contribution in [-0.2, 0) is 6.42 Å². The van der Waals surface area contributed by atoms with Crippen molar-refractivity contribution >= 4 is 17.4 Å². The largest absolute Gasteiger partial charge is 0.369 e. The van der Waals surface area contributed by atoms with Gasteiger partial charge in [0.1, 0.15) is 5.82 Å². The van der Waals surface area contributed by atoms with Crippen LogP contribution < -0.4 is 16.4 Å². The van der Waals surface area contributed by atoms with Gasteiger partial charge < -0.3 is 16.4 Å². The standard InChI is InChI=1S/C16H18N4O/c1-10(17)11-2-4-12(5-3-11)16(21)20-14-7-9-19-15-13(14)6-8-18-15/h2-5,7,9-10H,6,8,17H2,1H3,(H2,18,19,20,21). The van der Waals surface area contributed by atoms with Crippen LogP contribution in [0, 0.1) is 0 Å². The van der Waals surface area contributed by atoms with E-state index in [4.69, 9.17) is 5.73 Å². The van der Waals surface area contributed by atoms with Crippen LogP contribution in [0.5, 0.6) is 0 Å². The van der Waals surface area contributed by atoms with Gasteiger partial charge in [-0.2, -0.15) is 0 Å². The van der Waals surface area contributed by atoms with Gasteiger partial charge in [0.2, 0.25) is 0 Å². The number of hydrogen-bond acceptors (Lipinski definition) is 4. The molecule has 1 aliphatic rings. The highest BCUT2D eigenvalue weighted by atomic mass is 16.1. The van der Waals surface area contributed by atoms with Gasteiger partial charge in [-0.3, -0.25) is 4.79 Å². The lowest BCUT2D eigenvalue weighted by atomic mass is 10.1. The van der Waals surface area contributed by atoms with Crippen molar-refractivity contribution < 1.29 is 4.79 Å². The Bertz CT molecular complexity index is 664. The summed E-state index contributed by atoms with van der Waals surface area (Å²) >= 11 is 0. The maximum absolute atomic E-state index is 12.3. The molecule has 0 saturated heterocycles. The van der Waals surface area contributed by atoms with Crippen molar-refractivity contribution in [3.63, 3.8) is 0 Å². The molecule has 1 aromatic heterocycles. The van der Waals surface area contributed by atoms with Gasteiger partial charge in [-0.25, -0.2) is 4.98 Å². The Kier molecular flexibility index (Phi) is 3.58. The summed E-state index contributed by atoms with van der Waals surface area (Å²) in [6, 6.07) is 9.18. The molecule has 1 atom stereocenters. The Hall–Kier alpha value is -2.40. The van der Waals surface area contributed by atoms with Crippen molar-refractivity contribution in [3.8, 4) is 0 Å². The fourth-order valence-corrected chi connectivity index (χ4v) is 2.45. The second kappa shape index (κ2) is 5.54. The van der Waals surface area contributed by atoms with Crippen molar-refractivity contribution in [2.75, 3.05) is 17.2 Å². The Balaban J connectivity index is 1.79. The smallest absolute Gasteiger partial charge is 0.255 e. The first-order valence-corrected chi connectivity index (χ1v) is 7.04. The van der Waals surface area contributed by atoms with E-state index in [0.717, 1.165) is 35.6 Å². The number of benzene rings is 1. The topological polar surface area (TPSA) is 80.0 Å². The second-order valence-corrected chi connectivity index (χ2v) is 5.23. The summed E-state index contributed by atoms with van der Waals surface area (Å²) in [6.07, 6.45) is 2.58. The van der Waals surface area contributed by atoms with Crippen LogP contribution in [0.2, 0.25) is 0 Å². The van der Waals surface area contributed by atoms with Crippen molar-refractivity contribution in [3.05, 3.63) is 53.2 Å². The summed E-state index contributed by atoms with van der Waals surface area (Å²) in [7, 11) is 0. The number of amides is 1. The molecule has 1 unspecified atom stereocenters. The fourth-order valence-electron chi connectivity index (χ4n) is 2.45. The molecule has 0 aliphatic carbocycles. The Morgan fingerprint density at radius 3 is 2.81 bits per heavy atom. The van der Waals surface area contributed by atoms with Crippen LogP contribution in [0.4, 0.5) is 11.5 Å². The third kappa shape index (κ3) is 2.73. The minimum absolute atomic E-state index is 0.0309. The van der Waals surface area contributed by atoms with E-state index < -0.39 is 0 Å². The first-order valence-electron chi connectivity index (χ1n) is 7.04. The molecular formula is C16H18N4O. The summed E-state index contributed by atoms with van der Waals surface area (Å²) in [4.78, 5) is 16.6. The number of pyridine rings is 1. The lowest BCUT2D eigenvalue weighted by Gasteiger charge is -2.10. The van der Waals surface area contributed by atoms with Gasteiger partial charge >= 0.3 is 0 Å². The number of carbonyl (C=O) groups excluding carboxylic acids is 1. The van der Waals surface area contributed by atoms with E-state index in [1.165, 1.54) is 0 Å². The van der Waals surface area contributed by atoms with E-state index in [1.54, 1.807) is 18.3 Å². The van der Waals surface area contributed by atoms with E-state index in [1.807, 2.05) is 25.1 Å². The number of carbonyl (C=O) groups is 1. The minimum atomic E-state index is -0.119. The maximum Gasteiger partial charge on any atom is 0.255 e. The molecule has 1 aromatic carbocycles. The third-order valence-corrected chi connectivity index (χ3v) is 3.67. The number of hydrogen-bond donors (Lipinski definition) is 3. The zero-order valence-corrected chi connectivity index (χ0v) is 11.9. The SMILES string of the molecule is CC(N)c1ccc(C(=O)Nc2ccnc3c2CCN3)cc1. The lowest BCUT2D eigenvalue weighted by Crippen LogP contribution is -2.13. The summed E-state index contributed by atoms with van der Waals surface area (Å²) in [5.74, 6) is 0.742. The van der Waals surface area contributed by atoms with Crippen molar-refractivity contribution in [1.82, 2.24) is 4.98 Å². The molecule has 4 N–H and O–H groups in total. The quantitative estimate of drug-likeness (QED) is 0.807. The molecule has 0 spiro atoms. The zero-order chi connectivity index (χ0) is 14.8. The van der Waals surface area contributed by atoms with Crippen molar-refractivity contribution in [2.24, 2.45) is 5.73 Å². The highest BCUT2D eigenvalue weighted by Crippen LogP contribution is 2.27. The van der Waals surface area contributed by atoms with E-state index in [9.17, 15) is 4.79 Å². The predicted molar refractivity (Wildman–Crippen MR) is 83.4 cm³/mol. The lowest BCUT2D eigenvalue weighted by molar-refractivity contribution is 0.102. The monoisotopic (exact) mass is 282 g/mol. The molecule has 2 heterocycles. The minimum Gasteiger partial charge on any atom is -0.369 e. The van der Waals surface area contributed by atoms with Crippen LogP contribution in [0.3, 0.4) is 0 Å². The van der Waals surface area contributed by atoms with Crippen LogP contribution in [0.1, 0.15) is 34.5 Å². The molecular weight excluding hydrogens is 264 g/mol. The van der Waals surface area contributed by atoms with Crippen LogP contribution in [0.25, 0.3) is 0 Å². The number of anilines is 2. The molecule has 0 saturated carbocycles. The van der Waals surface area contributed by atoms with Crippen molar-refractivity contribution in [1.29, 1.82) is 0 Å². The van der Waals surface area contributed by atoms with Gasteiger partial charge in [0.25, 0.3) is 5.91 Å². The van der Waals surface area contributed by atoms with Crippen molar-refractivity contribution in [2.45, 2.75) is 19.4 Å². The molecule has 1 amide bonds. The molecule has 0 fully saturated rings. The Morgan fingerprint density at radius 2 is 2.10 bits per heavy atom. The molecule has 1 aliphatic heterocycles. The average molecular weight is 282 g/mol. The first kappa shape index (κ1) is 13.6. The number of fused-ring (bicyclic) bond motifs is 1. The van der Waals surface area contributed by atoms with Gasteiger partial charge in [-0.05, 0) is 37.1 Å². The fraction of sp³-hybridized carbons (Fsp3) is 0.250. The highest BCUT2D eigenvalue weighted by Gasteiger charge is 2.17. The first-order chi connectivity index (χ1) is 10.1. The number of nitrogens with zero attached hydrogens (tertiary/aromatic N) is 1. The van der Waals surface area contributed by atoms with Crippen LogP contribution in [-0.4, -0.2) is 17.4 Å². The maximum atomic E-state index is 12.3. The van der Waals surface area contributed by atoms with Gasteiger partial charge in [-0.15, -0.1) is 0 Å². The summed E-state index contributed by atoms with van der Waals surface area (Å²) in [5.41, 5.74) is 9.34. The van der Waals surface area contributed by atoms with E-state index in [2.05, 4.69) is 15.6 Å². The molecule has 108 valence electrons. The van der Waals surface area contributed by atoms with E-state index in [-0.39, 0.29) is 11.9 Å². The van der Waals surface area contributed by atoms with Crippen LogP contribution in [0.15, 0.2) is 36.5 Å². The molecule has 5 nitrogen and oxygen atoms in total. The molecule has 2 aromatic rings. The van der Waals surface area contributed by atoms with Gasteiger partial charge in [-0.1, -0.05) is 12.1 Å². The molecule has 3 rings (SSSR count). The van der Waals surface area contributed by atoms with Gasteiger partial charge in [0.05, 0.1) is 0 Å². The van der Waals surface area contributed by atoms with E-state index >= 15 is 0 Å². The number of aromatic nitrogens is 1. The van der Waals surface area contributed by atoms with Gasteiger partial charge in [0.15, 0.2) is 0 Å².